The van der Waals surface area contributed by atoms with Crippen LogP contribution in [-0.4, -0.2) is 17.8 Å². The fraction of sp³-hybridized carbons (Fsp3) is 0.179. The summed E-state index contributed by atoms with van der Waals surface area (Å²) in [5, 5.41) is 2.26. The zero-order valence-corrected chi connectivity index (χ0v) is 19.6. The van der Waals surface area contributed by atoms with Gasteiger partial charge in [-0.1, -0.05) is 36.4 Å². The van der Waals surface area contributed by atoms with E-state index in [4.69, 9.17) is 4.74 Å². The average Bonchev–Trinajstić information content (AvgIpc) is 2.80. The predicted molar refractivity (Wildman–Crippen MR) is 132 cm³/mol. The van der Waals surface area contributed by atoms with Gasteiger partial charge in [0, 0.05) is 0 Å². The van der Waals surface area contributed by atoms with Gasteiger partial charge in [-0.2, -0.15) is 0 Å². The third-order valence-corrected chi connectivity index (χ3v) is 6.02. The number of imide groups is 2. The maximum Gasteiger partial charge on any atom is 0.335 e. The number of carbonyl (C=O) groups is 3. The molecule has 1 N–H and O–H groups in total. The fourth-order valence-corrected chi connectivity index (χ4v) is 3.64. The Morgan fingerprint density at radius 2 is 1.44 bits per heavy atom. The van der Waals surface area contributed by atoms with Crippen LogP contribution in [-0.2, 0) is 16.2 Å². The molecule has 4 rings (SSSR count). The lowest BCUT2D eigenvalue weighted by Crippen LogP contribution is -2.54. The molecular weight excluding hydrogens is 428 g/mol. The lowest BCUT2D eigenvalue weighted by molar-refractivity contribution is -0.122. The Morgan fingerprint density at radius 3 is 2.09 bits per heavy atom. The SMILES string of the molecule is Cc1ccc(COc2ccc(/C=C3\C(=O)NC(=O)N(c4ccc(C)c(C)c4)C3=O)cc2)cc1C. The number of anilines is 1. The first kappa shape index (κ1) is 23.0. The van der Waals surface area contributed by atoms with Crippen molar-refractivity contribution in [2.75, 3.05) is 4.90 Å². The van der Waals surface area contributed by atoms with Crippen LogP contribution in [0.25, 0.3) is 6.08 Å². The van der Waals surface area contributed by atoms with E-state index in [0.717, 1.165) is 21.6 Å². The number of rotatable bonds is 5. The molecule has 4 amide bonds. The van der Waals surface area contributed by atoms with Crippen LogP contribution in [0, 0.1) is 27.7 Å². The first-order chi connectivity index (χ1) is 16.2. The number of barbiturate groups is 1. The molecular formula is C28H26N2O4. The third kappa shape index (κ3) is 4.76. The van der Waals surface area contributed by atoms with Gasteiger partial charge in [0.1, 0.15) is 17.9 Å². The Bertz CT molecular complexity index is 1320. The largest absolute Gasteiger partial charge is 0.489 e. The highest BCUT2D eigenvalue weighted by atomic mass is 16.5. The Kier molecular flexibility index (Phi) is 6.32. The molecule has 0 bridgehead atoms. The Labute approximate surface area is 198 Å². The summed E-state index contributed by atoms with van der Waals surface area (Å²) in [6, 6.07) is 17.8. The van der Waals surface area contributed by atoms with E-state index >= 15 is 0 Å². The van der Waals surface area contributed by atoms with Crippen LogP contribution in [0.5, 0.6) is 5.75 Å². The number of urea groups is 1. The van der Waals surface area contributed by atoms with Crippen LogP contribution in [0.15, 0.2) is 66.2 Å². The van der Waals surface area contributed by atoms with Gasteiger partial charge in [-0.3, -0.25) is 14.9 Å². The van der Waals surface area contributed by atoms with Crippen molar-refractivity contribution in [3.8, 4) is 5.75 Å². The van der Waals surface area contributed by atoms with Gasteiger partial charge < -0.3 is 4.74 Å². The monoisotopic (exact) mass is 454 g/mol. The van der Waals surface area contributed by atoms with Gasteiger partial charge in [-0.05, 0) is 91.4 Å². The highest BCUT2D eigenvalue weighted by Gasteiger charge is 2.36. The van der Waals surface area contributed by atoms with E-state index in [2.05, 4.69) is 31.3 Å². The quantitative estimate of drug-likeness (QED) is 0.427. The smallest absolute Gasteiger partial charge is 0.335 e. The van der Waals surface area contributed by atoms with E-state index in [-0.39, 0.29) is 5.57 Å². The number of nitrogens with one attached hydrogen (secondary N) is 1. The van der Waals surface area contributed by atoms with Crippen molar-refractivity contribution < 1.29 is 19.1 Å². The molecule has 6 nitrogen and oxygen atoms in total. The summed E-state index contributed by atoms with van der Waals surface area (Å²) in [6.07, 6.45) is 1.48. The molecule has 172 valence electrons. The van der Waals surface area contributed by atoms with Crippen molar-refractivity contribution >= 4 is 29.6 Å². The number of nitrogens with zero attached hydrogens (tertiary/aromatic N) is 1. The summed E-state index contributed by atoms with van der Waals surface area (Å²) >= 11 is 0. The lowest BCUT2D eigenvalue weighted by Gasteiger charge is -2.26. The molecule has 0 aliphatic carbocycles. The highest BCUT2D eigenvalue weighted by molar-refractivity contribution is 6.39. The molecule has 6 heteroatoms. The van der Waals surface area contributed by atoms with Gasteiger partial charge in [-0.25, -0.2) is 9.69 Å². The molecule has 0 aromatic heterocycles. The summed E-state index contributed by atoms with van der Waals surface area (Å²) in [4.78, 5) is 38.9. The first-order valence-corrected chi connectivity index (χ1v) is 11.0. The Hall–Kier alpha value is -4.19. The number of hydrogen-bond donors (Lipinski definition) is 1. The van der Waals surface area contributed by atoms with Gasteiger partial charge in [0.05, 0.1) is 5.69 Å². The minimum atomic E-state index is -0.759. The van der Waals surface area contributed by atoms with Gasteiger partial charge in [-0.15, -0.1) is 0 Å². The minimum Gasteiger partial charge on any atom is -0.489 e. The second-order valence-electron chi connectivity index (χ2n) is 8.50. The second kappa shape index (κ2) is 9.35. The Balaban J connectivity index is 1.52. The van der Waals surface area contributed by atoms with Crippen molar-refractivity contribution in [3.63, 3.8) is 0 Å². The number of aryl methyl sites for hydroxylation is 4. The Morgan fingerprint density at radius 1 is 0.794 bits per heavy atom. The molecule has 3 aromatic rings. The summed E-state index contributed by atoms with van der Waals surface area (Å²) < 4.78 is 5.86. The number of ether oxygens (including phenoxy) is 1. The summed E-state index contributed by atoms with van der Waals surface area (Å²) in [7, 11) is 0. The van der Waals surface area contributed by atoms with Crippen molar-refractivity contribution in [1.82, 2.24) is 5.32 Å². The zero-order valence-electron chi connectivity index (χ0n) is 19.6. The second-order valence-corrected chi connectivity index (χ2v) is 8.50. The van der Waals surface area contributed by atoms with Crippen LogP contribution in [0.3, 0.4) is 0 Å². The first-order valence-electron chi connectivity index (χ1n) is 11.0. The number of benzene rings is 3. The molecule has 1 saturated heterocycles. The molecule has 3 aromatic carbocycles. The van der Waals surface area contributed by atoms with E-state index in [1.54, 1.807) is 36.4 Å². The molecule has 0 spiro atoms. The molecule has 1 aliphatic rings. The van der Waals surface area contributed by atoms with Gasteiger partial charge in [0.15, 0.2) is 0 Å². The van der Waals surface area contributed by atoms with Crippen LogP contribution in [0.4, 0.5) is 10.5 Å². The minimum absolute atomic E-state index is 0.110. The maximum atomic E-state index is 13.1. The van der Waals surface area contributed by atoms with Crippen LogP contribution < -0.4 is 15.0 Å². The van der Waals surface area contributed by atoms with Crippen LogP contribution >= 0.6 is 0 Å². The molecule has 1 aliphatic heterocycles. The van der Waals surface area contributed by atoms with E-state index in [1.807, 2.05) is 26.0 Å². The number of amides is 4. The summed E-state index contributed by atoms with van der Waals surface area (Å²) in [6.45, 7) is 8.42. The average molecular weight is 455 g/mol. The molecule has 34 heavy (non-hydrogen) atoms. The van der Waals surface area contributed by atoms with Gasteiger partial charge >= 0.3 is 6.03 Å². The molecule has 0 radical (unpaired) electrons. The third-order valence-electron chi connectivity index (χ3n) is 6.02. The van der Waals surface area contributed by atoms with Crippen LogP contribution in [0.2, 0.25) is 0 Å². The van der Waals surface area contributed by atoms with E-state index < -0.39 is 17.8 Å². The predicted octanol–water partition coefficient (Wildman–Crippen LogP) is 5.17. The number of hydrogen-bond acceptors (Lipinski definition) is 4. The molecule has 0 unspecified atom stereocenters. The molecule has 1 heterocycles. The highest BCUT2D eigenvalue weighted by Crippen LogP contribution is 2.25. The molecule has 0 saturated carbocycles. The van der Waals surface area contributed by atoms with Crippen LogP contribution in [0.1, 0.15) is 33.4 Å². The van der Waals surface area contributed by atoms with Crippen molar-refractivity contribution in [2.24, 2.45) is 0 Å². The number of carbonyl (C=O) groups excluding carboxylic acids is 3. The van der Waals surface area contributed by atoms with E-state index in [1.165, 1.54) is 17.2 Å². The van der Waals surface area contributed by atoms with E-state index in [0.29, 0.717) is 23.6 Å². The molecule has 1 fully saturated rings. The van der Waals surface area contributed by atoms with Crippen molar-refractivity contribution in [1.29, 1.82) is 0 Å². The summed E-state index contributed by atoms with van der Waals surface area (Å²) in [5.41, 5.74) is 6.46. The van der Waals surface area contributed by atoms with E-state index in [9.17, 15) is 14.4 Å². The maximum absolute atomic E-state index is 13.1. The topological polar surface area (TPSA) is 75.7 Å². The fourth-order valence-electron chi connectivity index (χ4n) is 3.64. The summed E-state index contributed by atoms with van der Waals surface area (Å²) in [5.74, 6) is -0.705. The van der Waals surface area contributed by atoms with Gasteiger partial charge in [0.2, 0.25) is 0 Å². The lowest BCUT2D eigenvalue weighted by atomic mass is 10.0. The van der Waals surface area contributed by atoms with Gasteiger partial charge in [0.25, 0.3) is 11.8 Å². The zero-order chi connectivity index (χ0) is 24.4. The normalized spacial score (nSPS) is 15.0. The standard InChI is InChI=1S/C28H26N2O4/c1-17-5-7-22(13-19(17)3)16-34-24-11-8-21(9-12-24)15-25-26(31)29-28(33)30(27(25)32)23-10-6-18(2)20(4)14-23/h5-15H,16H2,1-4H3,(H,29,31,33)/b25-15+. The van der Waals surface area contributed by atoms with Crippen molar-refractivity contribution in [2.45, 2.75) is 34.3 Å². The van der Waals surface area contributed by atoms with Crippen molar-refractivity contribution in [3.05, 3.63) is 99.6 Å². The molecule has 0 atom stereocenters.